The minimum Gasteiger partial charge on any atom is -0.423 e. The van der Waals surface area contributed by atoms with Gasteiger partial charge in [-0.1, -0.05) is 54.0 Å². The molecule has 8 heteroatoms. The van der Waals surface area contributed by atoms with Gasteiger partial charge in [-0.25, -0.2) is 4.79 Å². The Balaban J connectivity index is 1.71. The van der Waals surface area contributed by atoms with E-state index in [0.29, 0.717) is 32.2 Å². The van der Waals surface area contributed by atoms with Gasteiger partial charge in [-0.15, -0.1) is 10.2 Å². The third kappa shape index (κ3) is 3.20. The topological polar surface area (TPSA) is 60.4 Å². The van der Waals surface area contributed by atoms with Crippen molar-refractivity contribution in [1.82, 2.24) is 14.6 Å². The Hall–Kier alpha value is -2.02. The van der Waals surface area contributed by atoms with E-state index in [1.807, 2.05) is 18.2 Å². The summed E-state index contributed by atoms with van der Waals surface area (Å²) < 4.78 is 7.10. The van der Waals surface area contributed by atoms with Gasteiger partial charge in [-0.2, -0.15) is 0 Å². The molecule has 26 heavy (non-hydrogen) atoms. The van der Waals surface area contributed by atoms with Crippen molar-refractivity contribution in [2.45, 2.75) is 24.3 Å². The predicted octanol–water partition coefficient (Wildman–Crippen LogP) is 5.00. The van der Waals surface area contributed by atoms with Crippen LogP contribution in [-0.4, -0.2) is 14.6 Å². The lowest BCUT2D eigenvalue weighted by atomic mass is 10.1. The second-order valence-corrected chi connectivity index (χ2v) is 7.53. The molecule has 0 fully saturated rings. The third-order valence-electron chi connectivity index (χ3n) is 4.05. The van der Waals surface area contributed by atoms with Crippen LogP contribution in [0.1, 0.15) is 18.1 Å². The average Bonchev–Trinajstić information content (AvgIpc) is 3.02. The molecule has 132 valence electrons. The third-order valence-corrected chi connectivity index (χ3v) is 5.53. The highest BCUT2D eigenvalue weighted by molar-refractivity contribution is 7.98. The lowest BCUT2D eigenvalue weighted by Gasteiger charge is -2.06. The van der Waals surface area contributed by atoms with Crippen molar-refractivity contribution >= 4 is 51.6 Å². The first kappa shape index (κ1) is 17.4. The fraction of sp³-hybridized carbons (Fsp3) is 0.167. The molecule has 0 radical (unpaired) electrons. The smallest absolute Gasteiger partial charge is 0.336 e. The highest BCUT2D eigenvalue weighted by Crippen LogP contribution is 2.29. The van der Waals surface area contributed by atoms with Crippen LogP contribution in [0.4, 0.5) is 0 Å². The van der Waals surface area contributed by atoms with E-state index in [9.17, 15) is 4.79 Å². The number of halogens is 2. The lowest BCUT2D eigenvalue weighted by molar-refractivity contribution is 0.559. The van der Waals surface area contributed by atoms with E-state index < -0.39 is 0 Å². The number of fused-ring (bicyclic) bond motifs is 2. The zero-order valence-corrected chi connectivity index (χ0v) is 16.0. The van der Waals surface area contributed by atoms with Crippen LogP contribution >= 0.6 is 35.0 Å². The molecule has 4 rings (SSSR count). The van der Waals surface area contributed by atoms with Gasteiger partial charge < -0.3 is 4.42 Å². The number of aromatic nitrogens is 3. The van der Waals surface area contributed by atoms with Gasteiger partial charge in [0.05, 0.1) is 10.0 Å². The summed E-state index contributed by atoms with van der Waals surface area (Å²) in [7, 11) is 0. The number of pyridine rings is 1. The fourth-order valence-electron chi connectivity index (χ4n) is 2.76. The largest absolute Gasteiger partial charge is 0.423 e. The zero-order chi connectivity index (χ0) is 18.3. The van der Waals surface area contributed by atoms with Crippen LogP contribution in [-0.2, 0) is 12.2 Å². The SMILES string of the molecule is CCc1ccc2c(CSc3nnc4c(Cl)cc(Cl)cn34)cc(=O)oc2c1. The molecule has 0 atom stereocenters. The van der Waals surface area contributed by atoms with Crippen LogP contribution in [0.3, 0.4) is 0 Å². The highest BCUT2D eigenvalue weighted by atomic mass is 35.5. The van der Waals surface area contributed by atoms with Crippen LogP contribution < -0.4 is 5.63 Å². The van der Waals surface area contributed by atoms with Crippen LogP contribution in [0.25, 0.3) is 16.6 Å². The Morgan fingerprint density at radius 1 is 1.19 bits per heavy atom. The van der Waals surface area contributed by atoms with Gasteiger partial charge in [0.2, 0.25) is 0 Å². The number of hydrogen-bond acceptors (Lipinski definition) is 5. The molecule has 5 nitrogen and oxygen atoms in total. The van der Waals surface area contributed by atoms with Gasteiger partial charge in [0.1, 0.15) is 5.58 Å². The summed E-state index contributed by atoms with van der Waals surface area (Å²) >= 11 is 13.7. The summed E-state index contributed by atoms with van der Waals surface area (Å²) in [6, 6.07) is 9.09. The Morgan fingerprint density at radius 3 is 2.85 bits per heavy atom. The monoisotopic (exact) mass is 405 g/mol. The minimum atomic E-state index is -0.362. The Labute approximate surface area is 162 Å². The summed E-state index contributed by atoms with van der Waals surface area (Å²) in [5.41, 5.74) is 2.79. The normalized spacial score (nSPS) is 11.5. The standard InChI is InChI=1S/C18H13Cl2N3O2S/c1-2-10-3-4-13-11(6-16(24)25-15(13)5-10)9-26-18-22-21-17-14(20)7-12(19)8-23(17)18/h3-8H,2,9H2,1H3. The first-order valence-electron chi connectivity index (χ1n) is 7.93. The summed E-state index contributed by atoms with van der Waals surface area (Å²) in [6.45, 7) is 2.06. The fourth-order valence-corrected chi connectivity index (χ4v) is 4.17. The van der Waals surface area contributed by atoms with Crippen molar-refractivity contribution < 1.29 is 4.42 Å². The van der Waals surface area contributed by atoms with Crippen molar-refractivity contribution in [3.05, 3.63) is 68.1 Å². The first-order valence-corrected chi connectivity index (χ1v) is 9.67. The molecule has 0 aliphatic carbocycles. The van der Waals surface area contributed by atoms with Crippen molar-refractivity contribution in [3.8, 4) is 0 Å². The molecule has 0 amide bonds. The molecule has 3 aromatic heterocycles. The van der Waals surface area contributed by atoms with Gasteiger partial charge in [-0.3, -0.25) is 4.40 Å². The second kappa shape index (κ2) is 6.95. The molecule has 3 heterocycles. The van der Waals surface area contributed by atoms with E-state index in [-0.39, 0.29) is 5.63 Å². The molecule has 0 saturated heterocycles. The van der Waals surface area contributed by atoms with Crippen LogP contribution in [0, 0.1) is 0 Å². The Bertz CT molecular complexity index is 1190. The van der Waals surface area contributed by atoms with E-state index in [1.54, 1.807) is 16.7 Å². The molecular formula is C18H13Cl2N3O2S. The van der Waals surface area contributed by atoms with E-state index in [2.05, 4.69) is 17.1 Å². The summed E-state index contributed by atoms with van der Waals surface area (Å²) in [4.78, 5) is 11.9. The molecule has 4 aromatic rings. The van der Waals surface area contributed by atoms with Crippen LogP contribution in [0.5, 0.6) is 0 Å². The van der Waals surface area contributed by atoms with Crippen molar-refractivity contribution in [2.24, 2.45) is 0 Å². The van der Waals surface area contributed by atoms with E-state index >= 15 is 0 Å². The van der Waals surface area contributed by atoms with Gasteiger partial charge in [0.25, 0.3) is 0 Å². The van der Waals surface area contributed by atoms with Crippen LogP contribution in [0.2, 0.25) is 10.0 Å². The molecule has 0 saturated carbocycles. The molecule has 0 aliphatic rings. The van der Waals surface area contributed by atoms with Crippen LogP contribution in [0.15, 0.2) is 50.9 Å². The molecule has 0 unspecified atom stereocenters. The zero-order valence-electron chi connectivity index (χ0n) is 13.7. The number of nitrogens with zero attached hydrogens (tertiary/aromatic N) is 3. The van der Waals surface area contributed by atoms with E-state index in [0.717, 1.165) is 22.9 Å². The van der Waals surface area contributed by atoms with Crippen molar-refractivity contribution in [1.29, 1.82) is 0 Å². The van der Waals surface area contributed by atoms with Crippen molar-refractivity contribution in [2.75, 3.05) is 0 Å². The number of thioether (sulfide) groups is 1. The molecule has 0 N–H and O–H groups in total. The molecule has 1 aromatic carbocycles. The Morgan fingerprint density at radius 2 is 2.04 bits per heavy atom. The molecular weight excluding hydrogens is 393 g/mol. The van der Waals surface area contributed by atoms with Gasteiger partial charge in [-0.05, 0) is 29.7 Å². The summed E-state index contributed by atoms with van der Waals surface area (Å²) in [5.74, 6) is 0.540. The number of aryl methyl sites for hydroxylation is 1. The number of hydrogen-bond donors (Lipinski definition) is 0. The van der Waals surface area contributed by atoms with E-state index in [4.69, 9.17) is 27.6 Å². The number of rotatable bonds is 4. The summed E-state index contributed by atoms with van der Waals surface area (Å²) in [6.07, 6.45) is 2.60. The second-order valence-electron chi connectivity index (χ2n) is 5.75. The van der Waals surface area contributed by atoms with Gasteiger partial charge >= 0.3 is 5.63 Å². The quantitative estimate of drug-likeness (QED) is 0.353. The van der Waals surface area contributed by atoms with E-state index in [1.165, 1.54) is 17.8 Å². The first-order chi connectivity index (χ1) is 12.5. The van der Waals surface area contributed by atoms with Gasteiger partial charge in [0, 0.05) is 23.4 Å². The maximum atomic E-state index is 11.9. The Kier molecular flexibility index (Phi) is 4.65. The maximum Gasteiger partial charge on any atom is 0.336 e. The van der Waals surface area contributed by atoms with Gasteiger partial charge in [0.15, 0.2) is 10.8 Å². The molecule has 0 aliphatic heterocycles. The minimum absolute atomic E-state index is 0.362. The summed E-state index contributed by atoms with van der Waals surface area (Å²) in [5, 5.41) is 10.8. The molecule has 0 bridgehead atoms. The molecule has 0 spiro atoms. The average molecular weight is 406 g/mol. The number of benzene rings is 1. The highest BCUT2D eigenvalue weighted by Gasteiger charge is 2.12. The maximum absolute atomic E-state index is 11.9. The predicted molar refractivity (Wildman–Crippen MR) is 104 cm³/mol. The van der Waals surface area contributed by atoms with Crippen molar-refractivity contribution in [3.63, 3.8) is 0 Å². The lowest BCUT2D eigenvalue weighted by Crippen LogP contribution is -2.00.